The number of aromatic nitrogens is 1. The smallest absolute Gasteiger partial charge is 0.424 e. The highest BCUT2D eigenvalue weighted by atomic mass is 35.5. The van der Waals surface area contributed by atoms with Gasteiger partial charge in [-0.25, -0.2) is 9.37 Å². The fourth-order valence-electron chi connectivity index (χ4n) is 4.35. The highest BCUT2D eigenvalue weighted by Crippen LogP contribution is 2.47. The van der Waals surface area contributed by atoms with E-state index in [1.54, 1.807) is 13.8 Å². The maximum Gasteiger partial charge on any atom is 0.424 e. The lowest BCUT2D eigenvalue weighted by Gasteiger charge is -2.31. The number of carbonyl (C=O) groups is 1. The minimum absolute atomic E-state index is 0.0533. The molecule has 13 heteroatoms. The number of alkyl halides is 3. The first-order valence-corrected chi connectivity index (χ1v) is 13.2. The van der Waals surface area contributed by atoms with E-state index in [9.17, 15) is 32.6 Å². The molecule has 3 N–H and O–H groups in total. The zero-order valence-corrected chi connectivity index (χ0v) is 23.9. The fourth-order valence-corrected chi connectivity index (χ4v) is 4.53. The van der Waals surface area contributed by atoms with E-state index < -0.39 is 47.3 Å². The molecular formula is C29H29ClF4N2O6. The number of benzene rings is 2. The summed E-state index contributed by atoms with van der Waals surface area (Å²) in [5.74, 6) is -1.16. The molecule has 0 radical (unpaired) electrons. The molecule has 4 rings (SSSR count). The third kappa shape index (κ3) is 6.11. The average molecular weight is 613 g/mol. The lowest BCUT2D eigenvalue weighted by molar-refractivity contribution is -0.265. The van der Waals surface area contributed by atoms with E-state index >= 15 is 0 Å². The predicted molar refractivity (Wildman–Crippen MR) is 146 cm³/mol. The molecule has 3 aromatic rings. The molecule has 2 heterocycles. The number of carbonyl (C=O) groups excluding carboxylic acids is 1. The molecule has 2 aromatic carbocycles. The van der Waals surface area contributed by atoms with Gasteiger partial charge < -0.3 is 29.7 Å². The number of methoxy groups -OCH3 is 1. The fraction of sp³-hybridized carbons (Fsp3) is 0.379. The van der Waals surface area contributed by atoms with Crippen molar-refractivity contribution in [2.45, 2.75) is 44.1 Å². The van der Waals surface area contributed by atoms with Crippen molar-refractivity contribution in [3.05, 3.63) is 70.1 Å². The minimum atomic E-state index is -5.28. The number of ether oxygens (including phenoxy) is 3. The Morgan fingerprint density at radius 1 is 1.19 bits per heavy atom. The van der Waals surface area contributed by atoms with Gasteiger partial charge >= 0.3 is 6.18 Å². The summed E-state index contributed by atoms with van der Waals surface area (Å²) in [7, 11) is 1.31. The lowest BCUT2D eigenvalue weighted by atomic mass is 9.84. The van der Waals surface area contributed by atoms with E-state index in [1.807, 2.05) is 0 Å². The van der Waals surface area contributed by atoms with Crippen molar-refractivity contribution in [2.75, 3.05) is 26.9 Å². The van der Waals surface area contributed by atoms with Crippen LogP contribution < -0.4 is 19.5 Å². The van der Waals surface area contributed by atoms with Gasteiger partial charge in [-0.1, -0.05) is 25.4 Å². The Balaban J connectivity index is 1.72. The van der Waals surface area contributed by atoms with E-state index in [1.165, 1.54) is 44.4 Å². The summed E-state index contributed by atoms with van der Waals surface area (Å²) in [6.45, 7) is 3.80. The second kappa shape index (κ2) is 11.6. The summed E-state index contributed by atoms with van der Waals surface area (Å²) in [5.41, 5.74) is -4.79. The Morgan fingerprint density at radius 3 is 2.52 bits per heavy atom. The number of fused-ring (bicyclic) bond motifs is 1. The van der Waals surface area contributed by atoms with Crippen LogP contribution in [0.15, 0.2) is 42.5 Å². The SMILES string of the molecule is COc1cc(C(=O)NCC(O)(c2cc3c(c(-c4ccc(F)c(Cl)c4)n2)OCC3(C)C)C(F)(F)F)ccc1OCC(C)O. The van der Waals surface area contributed by atoms with Crippen LogP contribution in [0.2, 0.25) is 5.02 Å². The predicted octanol–water partition coefficient (Wildman–Crippen LogP) is 5.16. The van der Waals surface area contributed by atoms with Gasteiger partial charge in [-0.15, -0.1) is 0 Å². The lowest BCUT2D eigenvalue weighted by Crippen LogP contribution is -2.51. The van der Waals surface area contributed by atoms with Crippen molar-refractivity contribution in [1.82, 2.24) is 10.3 Å². The maximum atomic E-state index is 14.6. The van der Waals surface area contributed by atoms with Crippen LogP contribution in [0.1, 0.15) is 42.4 Å². The van der Waals surface area contributed by atoms with E-state index in [-0.39, 0.29) is 52.3 Å². The van der Waals surface area contributed by atoms with Crippen LogP contribution in [-0.2, 0) is 11.0 Å². The third-order valence-electron chi connectivity index (χ3n) is 6.78. The molecule has 2 atom stereocenters. The molecule has 0 bridgehead atoms. The van der Waals surface area contributed by atoms with E-state index in [0.29, 0.717) is 5.56 Å². The normalized spacial score (nSPS) is 16.2. The second-order valence-electron chi connectivity index (χ2n) is 10.6. The van der Waals surface area contributed by atoms with Crippen molar-refractivity contribution in [2.24, 2.45) is 0 Å². The van der Waals surface area contributed by atoms with Gasteiger partial charge in [0.15, 0.2) is 11.5 Å². The highest BCUT2D eigenvalue weighted by Gasteiger charge is 2.57. The Labute approximate surface area is 244 Å². The van der Waals surface area contributed by atoms with Crippen molar-refractivity contribution in [3.8, 4) is 28.5 Å². The van der Waals surface area contributed by atoms with Crippen molar-refractivity contribution < 1.29 is 46.8 Å². The first-order valence-electron chi connectivity index (χ1n) is 12.8. The van der Waals surface area contributed by atoms with Crippen molar-refractivity contribution in [1.29, 1.82) is 0 Å². The van der Waals surface area contributed by atoms with Crippen molar-refractivity contribution >= 4 is 17.5 Å². The Kier molecular flexibility index (Phi) is 8.64. The van der Waals surface area contributed by atoms with E-state index in [2.05, 4.69) is 10.3 Å². The number of rotatable bonds is 9. The molecule has 1 aliphatic heterocycles. The summed E-state index contributed by atoms with van der Waals surface area (Å²) in [6, 6.07) is 8.57. The summed E-state index contributed by atoms with van der Waals surface area (Å²) in [4.78, 5) is 17.1. The average Bonchev–Trinajstić information content (AvgIpc) is 3.24. The molecule has 8 nitrogen and oxygen atoms in total. The largest absolute Gasteiger partial charge is 0.493 e. The molecule has 0 aliphatic carbocycles. The standard InChI is InChI=1S/C29H29ClF4N2O6/c1-15(37)12-41-21-8-6-17(10-22(21)40-4)26(38)35-13-28(39,29(32,33)34)23-11-18-25(42-14-27(18,2)3)24(36-23)16-5-7-20(31)19(30)9-16/h5-11,15,37,39H,12-14H2,1-4H3,(H,35,38). The summed E-state index contributed by atoms with van der Waals surface area (Å²) in [6.07, 6.45) is -6.05. The Morgan fingerprint density at radius 2 is 1.90 bits per heavy atom. The molecular weight excluding hydrogens is 584 g/mol. The van der Waals surface area contributed by atoms with Gasteiger partial charge in [-0.2, -0.15) is 13.2 Å². The molecule has 0 saturated heterocycles. The van der Waals surface area contributed by atoms with E-state index in [0.717, 1.165) is 12.1 Å². The quantitative estimate of drug-likeness (QED) is 0.286. The Hall–Kier alpha value is -3.61. The van der Waals surface area contributed by atoms with E-state index in [4.69, 9.17) is 25.8 Å². The Bertz CT molecular complexity index is 1500. The van der Waals surface area contributed by atoms with Crippen LogP contribution in [0, 0.1) is 5.82 Å². The van der Waals surface area contributed by atoms with Gasteiger partial charge in [-0.3, -0.25) is 4.79 Å². The summed E-state index contributed by atoms with van der Waals surface area (Å²) in [5, 5.41) is 22.5. The third-order valence-corrected chi connectivity index (χ3v) is 7.07. The zero-order valence-electron chi connectivity index (χ0n) is 23.1. The highest BCUT2D eigenvalue weighted by molar-refractivity contribution is 6.31. The number of amides is 1. The van der Waals surface area contributed by atoms with Gasteiger partial charge in [0.25, 0.3) is 5.91 Å². The zero-order chi connectivity index (χ0) is 31.0. The molecule has 0 spiro atoms. The molecule has 0 fully saturated rings. The van der Waals surface area contributed by atoms with Gasteiger partial charge in [0.1, 0.15) is 23.9 Å². The molecule has 1 aliphatic rings. The topological polar surface area (TPSA) is 110 Å². The second-order valence-corrected chi connectivity index (χ2v) is 11.0. The number of aliphatic hydroxyl groups is 2. The summed E-state index contributed by atoms with van der Waals surface area (Å²) >= 11 is 5.93. The molecule has 42 heavy (non-hydrogen) atoms. The number of hydrogen-bond donors (Lipinski definition) is 3. The van der Waals surface area contributed by atoms with Gasteiger partial charge in [0, 0.05) is 22.1 Å². The molecule has 1 amide bonds. The van der Waals surface area contributed by atoms with Gasteiger partial charge in [-0.05, 0) is 49.4 Å². The van der Waals surface area contributed by atoms with Crippen LogP contribution in [0.5, 0.6) is 17.2 Å². The molecule has 1 aromatic heterocycles. The minimum Gasteiger partial charge on any atom is -0.493 e. The number of halogens is 5. The molecule has 0 saturated carbocycles. The molecule has 226 valence electrons. The van der Waals surface area contributed by atoms with Crippen LogP contribution in [0.25, 0.3) is 11.3 Å². The van der Waals surface area contributed by atoms with Crippen LogP contribution in [-0.4, -0.2) is 60.3 Å². The van der Waals surface area contributed by atoms with Crippen molar-refractivity contribution in [3.63, 3.8) is 0 Å². The number of pyridine rings is 1. The number of aliphatic hydroxyl groups excluding tert-OH is 1. The van der Waals surface area contributed by atoms with Gasteiger partial charge in [0.05, 0.1) is 37.1 Å². The molecule has 2 unspecified atom stereocenters. The van der Waals surface area contributed by atoms with Gasteiger partial charge in [0.2, 0.25) is 5.60 Å². The van der Waals surface area contributed by atoms with Crippen LogP contribution >= 0.6 is 11.6 Å². The number of nitrogens with zero attached hydrogens (tertiary/aromatic N) is 1. The first-order chi connectivity index (χ1) is 19.6. The first kappa shape index (κ1) is 31.3. The number of hydrogen-bond acceptors (Lipinski definition) is 7. The number of nitrogens with one attached hydrogen (secondary N) is 1. The van der Waals surface area contributed by atoms with Crippen LogP contribution in [0.4, 0.5) is 17.6 Å². The summed E-state index contributed by atoms with van der Waals surface area (Å²) < 4.78 is 73.9. The maximum absolute atomic E-state index is 14.6. The van der Waals surface area contributed by atoms with Crippen LogP contribution in [0.3, 0.4) is 0 Å². The monoisotopic (exact) mass is 612 g/mol.